The van der Waals surface area contributed by atoms with Crippen molar-refractivity contribution in [3.63, 3.8) is 0 Å². The summed E-state index contributed by atoms with van der Waals surface area (Å²) in [6, 6.07) is 1.75. The monoisotopic (exact) mass is 193 g/mol. The van der Waals surface area contributed by atoms with E-state index in [-0.39, 0.29) is 0 Å². The minimum atomic E-state index is -0.620. The number of aromatic amines is 1. The van der Waals surface area contributed by atoms with Gasteiger partial charge in [-0.3, -0.25) is 5.10 Å². The standard InChI is InChI=1S/C8H11N5O/c1-8(2,9)7-13-12-6(14-7)5-3-4-10-11-5/h3-4H,9H2,1-2H3,(H,10,11). The van der Waals surface area contributed by atoms with E-state index in [1.807, 2.05) is 0 Å². The summed E-state index contributed by atoms with van der Waals surface area (Å²) in [5, 5.41) is 14.2. The Bertz CT molecular complexity index is 411. The van der Waals surface area contributed by atoms with Gasteiger partial charge in [-0.1, -0.05) is 0 Å². The maximum atomic E-state index is 5.80. The lowest BCUT2D eigenvalue weighted by Crippen LogP contribution is -2.29. The van der Waals surface area contributed by atoms with E-state index in [4.69, 9.17) is 10.2 Å². The third kappa shape index (κ3) is 1.51. The van der Waals surface area contributed by atoms with Crippen molar-refractivity contribution in [3.05, 3.63) is 18.2 Å². The SMILES string of the molecule is CC(C)(N)c1nnc(-c2ccn[nH]2)o1. The molecule has 14 heavy (non-hydrogen) atoms. The van der Waals surface area contributed by atoms with Crippen LogP contribution >= 0.6 is 0 Å². The van der Waals surface area contributed by atoms with E-state index in [2.05, 4.69) is 20.4 Å². The van der Waals surface area contributed by atoms with E-state index in [1.54, 1.807) is 26.1 Å². The van der Waals surface area contributed by atoms with Crippen LogP contribution in [0, 0.1) is 0 Å². The van der Waals surface area contributed by atoms with Crippen molar-refractivity contribution < 1.29 is 4.42 Å². The molecule has 0 atom stereocenters. The van der Waals surface area contributed by atoms with Gasteiger partial charge in [0.1, 0.15) is 5.69 Å². The molecule has 0 fully saturated rings. The van der Waals surface area contributed by atoms with Crippen molar-refractivity contribution in [1.82, 2.24) is 20.4 Å². The first-order valence-corrected chi connectivity index (χ1v) is 4.20. The van der Waals surface area contributed by atoms with Crippen LogP contribution in [0.3, 0.4) is 0 Å². The van der Waals surface area contributed by atoms with Crippen LogP contribution < -0.4 is 5.73 Å². The molecule has 0 saturated heterocycles. The van der Waals surface area contributed by atoms with Crippen LogP contribution in [0.2, 0.25) is 0 Å². The molecule has 6 nitrogen and oxygen atoms in total. The second-order valence-corrected chi connectivity index (χ2v) is 3.60. The highest BCUT2D eigenvalue weighted by atomic mass is 16.4. The Morgan fingerprint density at radius 3 is 2.71 bits per heavy atom. The molecule has 0 aliphatic carbocycles. The molecule has 2 heterocycles. The van der Waals surface area contributed by atoms with Crippen LogP contribution in [0.1, 0.15) is 19.7 Å². The fourth-order valence-electron chi connectivity index (χ4n) is 0.967. The van der Waals surface area contributed by atoms with Gasteiger partial charge in [0.25, 0.3) is 5.89 Å². The first-order valence-electron chi connectivity index (χ1n) is 4.20. The Kier molecular flexibility index (Phi) is 1.85. The van der Waals surface area contributed by atoms with E-state index in [0.29, 0.717) is 17.5 Å². The molecule has 0 saturated carbocycles. The summed E-state index contributed by atoms with van der Waals surface area (Å²) in [5.41, 5.74) is 5.87. The highest BCUT2D eigenvalue weighted by Crippen LogP contribution is 2.20. The highest BCUT2D eigenvalue weighted by molar-refractivity contribution is 5.44. The molecule has 2 rings (SSSR count). The predicted octanol–water partition coefficient (Wildman–Crippen LogP) is 0.653. The minimum absolute atomic E-state index is 0.399. The lowest BCUT2D eigenvalue weighted by molar-refractivity contribution is 0.383. The van der Waals surface area contributed by atoms with Crippen molar-refractivity contribution in [2.24, 2.45) is 5.73 Å². The van der Waals surface area contributed by atoms with Crippen LogP contribution in [0.15, 0.2) is 16.7 Å². The molecule has 6 heteroatoms. The zero-order valence-electron chi connectivity index (χ0n) is 7.98. The quantitative estimate of drug-likeness (QED) is 0.730. The predicted molar refractivity (Wildman–Crippen MR) is 49.1 cm³/mol. The van der Waals surface area contributed by atoms with Crippen LogP contribution in [0.5, 0.6) is 0 Å². The number of hydrogen-bond donors (Lipinski definition) is 2. The molecule has 3 N–H and O–H groups in total. The maximum absolute atomic E-state index is 5.80. The molecule has 0 aliphatic heterocycles. The Morgan fingerprint density at radius 1 is 1.43 bits per heavy atom. The van der Waals surface area contributed by atoms with Gasteiger partial charge in [-0.2, -0.15) is 5.10 Å². The van der Waals surface area contributed by atoms with Gasteiger partial charge >= 0.3 is 0 Å². The number of hydrogen-bond acceptors (Lipinski definition) is 5. The topological polar surface area (TPSA) is 93.6 Å². The van der Waals surface area contributed by atoms with Gasteiger partial charge in [0.05, 0.1) is 5.54 Å². The van der Waals surface area contributed by atoms with E-state index in [1.165, 1.54) is 0 Å². The van der Waals surface area contributed by atoms with E-state index in [9.17, 15) is 0 Å². The van der Waals surface area contributed by atoms with E-state index >= 15 is 0 Å². The maximum Gasteiger partial charge on any atom is 0.265 e. The summed E-state index contributed by atoms with van der Waals surface area (Å²) in [6.45, 7) is 3.61. The largest absolute Gasteiger partial charge is 0.417 e. The number of H-pyrrole nitrogens is 1. The van der Waals surface area contributed by atoms with Crippen molar-refractivity contribution in [3.8, 4) is 11.6 Å². The molecule has 0 amide bonds. The fourth-order valence-corrected chi connectivity index (χ4v) is 0.967. The van der Waals surface area contributed by atoms with Crippen LogP contribution in [-0.2, 0) is 5.54 Å². The average molecular weight is 193 g/mol. The molecule has 0 spiro atoms. The summed E-state index contributed by atoms with van der Waals surface area (Å²) in [4.78, 5) is 0. The third-order valence-corrected chi connectivity index (χ3v) is 1.71. The van der Waals surface area contributed by atoms with E-state index in [0.717, 1.165) is 0 Å². The van der Waals surface area contributed by atoms with E-state index < -0.39 is 5.54 Å². The summed E-state index contributed by atoms with van der Waals surface area (Å²) >= 11 is 0. The molecular formula is C8H11N5O. The minimum Gasteiger partial charge on any atom is -0.417 e. The lowest BCUT2D eigenvalue weighted by atomic mass is 10.1. The smallest absolute Gasteiger partial charge is 0.265 e. The van der Waals surface area contributed by atoms with Gasteiger partial charge < -0.3 is 10.2 Å². The average Bonchev–Trinajstić information content (AvgIpc) is 2.73. The van der Waals surface area contributed by atoms with Crippen LogP contribution in [0.25, 0.3) is 11.6 Å². The van der Waals surface area contributed by atoms with Gasteiger partial charge in [0, 0.05) is 6.20 Å². The van der Waals surface area contributed by atoms with Crippen molar-refractivity contribution in [2.45, 2.75) is 19.4 Å². The molecule has 0 aliphatic rings. The number of aromatic nitrogens is 4. The Labute approximate surface area is 80.5 Å². The summed E-state index contributed by atoms with van der Waals surface area (Å²) in [5.74, 6) is 0.804. The normalized spacial score (nSPS) is 11.9. The van der Waals surface area contributed by atoms with Gasteiger partial charge in [-0.25, -0.2) is 0 Å². The summed E-state index contributed by atoms with van der Waals surface area (Å²) in [7, 11) is 0. The van der Waals surface area contributed by atoms with Crippen LogP contribution in [0.4, 0.5) is 0 Å². The Hall–Kier alpha value is -1.69. The summed E-state index contributed by atoms with van der Waals surface area (Å²) < 4.78 is 5.37. The lowest BCUT2D eigenvalue weighted by Gasteiger charge is -2.11. The number of nitrogens with two attached hydrogens (primary N) is 1. The van der Waals surface area contributed by atoms with Crippen LogP contribution in [-0.4, -0.2) is 20.4 Å². The molecule has 2 aromatic heterocycles. The highest BCUT2D eigenvalue weighted by Gasteiger charge is 2.22. The first-order chi connectivity index (χ1) is 6.57. The molecule has 0 radical (unpaired) electrons. The van der Waals surface area contributed by atoms with Gasteiger partial charge in [0.2, 0.25) is 5.89 Å². The number of nitrogens with one attached hydrogen (secondary N) is 1. The van der Waals surface area contributed by atoms with Crippen molar-refractivity contribution in [2.75, 3.05) is 0 Å². The molecular weight excluding hydrogens is 182 g/mol. The second kappa shape index (κ2) is 2.91. The fraction of sp³-hybridized carbons (Fsp3) is 0.375. The summed E-state index contributed by atoms with van der Waals surface area (Å²) in [6.07, 6.45) is 1.62. The van der Waals surface area contributed by atoms with Gasteiger partial charge in [-0.05, 0) is 19.9 Å². The number of nitrogens with zero attached hydrogens (tertiary/aromatic N) is 3. The van der Waals surface area contributed by atoms with Gasteiger partial charge in [-0.15, -0.1) is 10.2 Å². The molecule has 2 aromatic rings. The van der Waals surface area contributed by atoms with Crippen molar-refractivity contribution in [1.29, 1.82) is 0 Å². The van der Waals surface area contributed by atoms with Gasteiger partial charge in [0.15, 0.2) is 0 Å². The molecule has 0 unspecified atom stereocenters. The molecule has 0 bridgehead atoms. The Balaban J connectivity index is 2.36. The molecule has 0 aromatic carbocycles. The third-order valence-electron chi connectivity index (χ3n) is 1.71. The Morgan fingerprint density at radius 2 is 2.21 bits per heavy atom. The number of rotatable bonds is 2. The zero-order valence-corrected chi connectivity index (χ0v) is 7.98. The second-order valence-electron chi connectivity index (χ2n) is 3.60. The molecule has 74 valence electrons. The zero-order chi connectivity index (χ0) is 10.2. The first kappa shape index (κ1) is 8.89. The van der Waals surface area contributed by atoms with Crippen molar-refractivity contribution >= 4 is 0 Å².